The van der Waals surface area contributed by atoms with Gasteiger partial charge in [-0.2, -0.15) is 0 Å². The molecule has 1 fully saturated rings. The number of carbonyl (C=O) groups excluding carboxylic acids is 2. The molecule has 2 atom stereocenters. The van der Waals surface area contributed by atoms with E-state index in [-0.39, 0.29) is 36.5 Å². The van der Waals surface area contributed by atoms with Crippen LogP contribution >= 0.6 is 22.7 Å². The van der Waals surface area contributed by atoms with Gasteiger partial charge >= 0.3 is 0 Å². The van der Waals surface area contributed by atoms with E-state index in [0.717, 1.165) is 41.9 Å². The highest BCUT2D eigenvalue weighted by molar-refractivity contribution is 7.15. The first kappa shape index (κ1) is 28.2. The molecule has 5 rings (SSSR count). The van der Waals surface area contributed by atoms with Gasteiger partial charge in [0.15, 0.2) is 0 Å². The van der Waals surface area contributed by atoms with Gasteiger partial charge in [-0.3, -0.25) is 24.5 Å². The number of nitrogens with one attached hydrogen (secondary N) is 3. The Morgan fingerprint density at radius 2 is 1.41 bits per heavy atom. The van der Waals surface area contributed by atoms with Gasteiger partial charge in [-0.15, -0.1) is 20.4 Å². The van der Waals surface area contributed by atoms with Crippen LogP contribution in [0.25, 0.3) is 0 Å². The van der Waals surface area contributed by atoms with E-state index in [4.69, 9.17) is 5.41 Å². The largest absolute Gasteiger partial charge is 0.307 e. The van der Waals surface area contributed by atoms with E-state index in [1.54, 1.807) is 37.5 Å². The number of amides is 2. The van der Waals surface area contributed by atoms with E-state index < -0.39 is 0 Å². The lowest BCUT2D eigenvalue weighted by Crippen LogP contribution is -2.15. The zero-order valence-corrected chi connectivity index (χ0v) is 23.9. The fourth-order valence-electron chi connectivity index (χ4n) is 4.67. The lowest BCUT2D eigenvalue weighted by Gasteiger charge is -2.25. The molecule has 0 radical (unpaired) electrons. The number of nitrogens with zero attached hydrogens (tertiary/aromatic N) is 7. The zero-order chi connectivity index (χ0) is 28.6. The molecule has 0 saturated heterocycles. The minimum absolute atomic E-state index is 0.0919. The predicted molar refractivity (Wildman–Crippen MR) is 158 cm³/mol. The lowest BCUT2D eigenvalue weighted by molar-refractivity contribution is -0.116. The molecule has 0 aromatic carbocycles. The maximum absolute atomic E-state index is 12.6. The fourth-order valence-corrected chi connectivity index (χ4v) is 6.49. The van der Waals surface area contributed by atoms with Gasteiger partial charge in [-0.05, 0) is 43.5 Å². The van der Waals surface area contributed by atoms with E-state index in [2.05, 4.69) is 46.0 Å². The number of aliphatic imine (C=N–C) groups is 1. The quantitative estimate of drug-likeness (QED) is 0.233. The molecule has 4 heterocycles. The van der Waals surface area contributed by atoms with Crippen molar-refractivity contribution < 1.29 is 9.59 Å². The third-order valence-corrected chi connectivity index (χ3v) is 8.50. The van der Waals surface area contributed by atoms with Gasteiger partial charge in [0.05, 0.1) is 35.6 Å². The topological polar surface area (TPSA) is 172 Å². The molecule has 3 N–H and O–H groups in total. The van der Waals surface area contributed by atoms with Gasteiger partial charge in [0.2, 0.25) is 22.1 Å². The second-order valence-electron chi connectivity index (χ2n) is 9.54. The Bertz CT molecular complexity index is 1570. The van der Waals surface area contributed by atoms with Gasteiger partial charge in [-0.1, -0.05) is 41.2 Å². The monoisotopic (exact) mass is 588 g/mol. The summed E-state index contributed by atoms with van der Waals surface area (Å²) in [6, 6.07) is 10.7. The van der Waals surface area contributed by atoms with Crippen molar-refractivity contribution in [1.29, 1.82) is 5.41 Å². The third kappa shape index (κ3) is 7.67. The molecule has 1 aliphatic carbocycles. The van der Waals surface area contributed by atoms with E-state index in [1.165, 1.54) is 22.7 Å². The summed E-state index contributed by atoms with van der Waals surface area (Å²) in [7, 11) is 1.68. The smallest absolute Gasteiger partial charge is 0.232 e. The van der Waals surface area contributed by atoms with Gasteiger partial charge < -0.3 is 16.0 Å². The molecule has 0 bridgehead atoms. The van der Waals surface area contributed by atoms with Crippen molar-refractivity contribution in [3.05, 3.63) is 69.2 Å². The first-order chi connectivity index (χ1) is 20.0. The van der Waals surface area contributed by atoms with Crippen molar-refractivity contribution in [1.82, 2.24) is 30.4 Å². The van der Waals surface area contributed by atoms with Crippen LogP contribution < -0.4 is 10.6 Å². The number of carbonyl (C=O) groups is 2. The number of hydrogen-bond acceptors (Lipinski definition) is 12. The maximum Gasteiger partial charge on any atom is 0.232 e. The van der Waals surface area contributed by atoms with Crippen molar-refractivity contribution in [2.45, 2.75) is 50.4 Å². The summed E-state index contributed by atoms with van der Waals surface area (Å²) < 4.78 is 0. The summed E-state index contributed by atoms with van der Waals surface area (Å²) in [4.78, 5) is 37.7. The van der Waals surface area contributed by atoms with Crippen molar-refractivity contribution in [3.8, 4) is 0 Å². The van der Waals surface area contributed by atoms with Crippen LogP contribution in [0.5, 0.6) is 0 Å². The van der Waals surface area contributed by atoms with Gasteiger partial charge in [-0.25, -0.2) is 0 Å². The molecule has 0 spiro atoms. The van der Waals surface area contributed by atoms with Gasteiger partial charge in [0.1, 0.15) is 10.0 Å². The standard InChI is InChI=1S/C27H28N10O2S2/c1-29-15-21-10-4-8-19(31-21)13-23(39)33-27-37-35-25(41-27)17-6-2-5-16(11-17)24-34-36-26(40-24)32-22(38)12-18-7-3-9-20(14-28)30-18/h3-4,7-10,14-17,28H,2,5-6,11-13H2,1H3,(H,32,36,38)(H,33,37,39). The fraction of sp³-hybridized carbons (Fsp3) is 0.333. The molecule has 41 heavy (non-hydrogen) atoms. The van der Waals surface area contributed by atoms with Crippen LogP contribution in [-0.2, 0) is 22.4 Å². The van der Waals surface area contributed by atoms with Crippen molar-refractivity contribution in [2.75, 3.05) is 17.7 Å². The number of hydrogen-bond donors (Lipinski definition) is 3. The Hall–Kier alpha value is -4.30. The van der Waals surface area contributed by atoms with Crippen molar-refractivity contribution in [2.24, 2.45) is 4.99 Å². The Morgan fingerprint density at radius 3 is 1.95 bits per heavy atom. The summed E-state index contributed by atoms with van der Waals surface area (Å²) in [6.07, 6.45) is 6.85. The minimum Gasteiger partial charge on any atom is -0.307 e. The van der Waals surface area contributed by atoms with Crippen LogP contribution in [0, 0.1) is 5.41 Å². The molecule has 4 aromatic rings. The van der Waals surface area contributed by atoms with Crippen LogP contribution in [0.3, 0.4) is 0 Å². The molecular weight excluding hydrogens is 560 g/mol. The van der Waals surface area contributed by atoms with Crippen LogP contribution in [0.1, 0.15) is 70.3 Å². The summed E-state index contributed by atoms with van der Waals surface area (Å²) in [5.41, 5.74) is 2.45. The van der Waals surface area contributed by atoms with Crippen molar-refractivity contribution >= 4 is 57.2 Å². The Balaban J connectivity index is 1.15. The predicted octanol–water partition coefficient (Wildman–Crippen LogP) is 4.03. The average molecular weight is 589 g/mol. The number of pyridine rings is 2. The molecule has 0 aliphatic heterocycles. The van der Waals surface area contributed by atoms with E-state index in [0.29, 0.717) is 33.0 Å². The van der Waals surface area contributed by atoms with Gasteiger partial charge in [0, 0.05) is 31.3 Å². The Kier molecular flexibility index (Phi) is 9.21. The molecule has 2 unspecified atom stereocenters. The summed E-state index contributed by atoms with van der Waals surface area (Å²) >= 11 is 2.79. The van der Waals surface area contributed by atoms with E-state index >= 15 is 0 Å². The molecule has 210 valence electrons. The van der Waals surface area contributed by atoms with Crippen LogP contribution in [0.4, 0.5) is 10.3 Å². The molecule has 1 saturated carbocycles. The lowest BCUT2D eigenvalue weighted by atomic mass is 9.82. The normalized spacial score (nSPS) is 16.9. The van der Waals surface area contributed by atoms with Crippen molar-refractivity contribution in [3.63, 3.8) is 0 Å². The first-order valence-corrected chi connectivity index (χ1v) is 14.7. The summed E-state index contributed by atoms with van der Waals surface area (Å²) in [5.74, 6) is -0.0213. The summed E-state index contributed by atoms with van der Waals surface area (Å²) in [6.45, 7) is 0. The highest BCUT2D eigenvalue weighted by atomic mass is 32.1. The highest BCUT2D eigenvalue weighted by Gasteiger charge is 2.29. The molecule has 2 amide bonds. The molecule has 14 heteroatoms. The van der Waals surface area contributed by atoms with E-state index in [9.17, 15) is 9.59 Å². The van der Waals surface area contributed by atoms with Crippen LogP contribution in [-0.4, -0.2) is 61.7 Å². The maximum atomic E-state index is 12.6. The molecule has 4 aromatic heterocycles. The molecule has 1 aliphatic rings. The van der Waals surface area contributed by atoms with Crippen LogP contribution in [0.2, 0.25) is 0 Å². The Morgan fingerprint density at radius 1 is 0.878 bits per heavy atom. The third-order valence-electron chi connectivity index (χ3n) is 6.50. The molecular formula is C27H28N10O2S2. The number of aromatic nitrogens is 6. The number of anilines is 2. The minimum atomic E-state index is -0.231. The van der Waals surface area contributed by atoms with E-state index in [1.807, 2.05) is 12.1 Å². The SMILES string of the molecule is CN=Cc1cccc(CC(=O)Nc2nnc(C3CCCC(c4nnc(NC(=O)Cc5cccc(C=N)n5)s4)C3)s2)n1. The summed E-state index contributed by atoms with van der Waals surface area (Å²) in [5, 5.41) is 32.8. The van der Waals surface area contributed by atoms with Gasteiger partial charge in [0.25, 0.3) is 0 Å². The zero-order valence-electron chi connectivity index (χ0n) is 22.3. The second-order valence-corrected chi connectivity index (χ2v) is 11.6. The first-order valence-electron chi connectivity index (χ1n) is 13.1. The number of rotatable bonds is 10. The Labute approximate surface area is 244 Å². The average Bonchev–Trinajstić information content (AvgIpc) is 3.63. The van der Waals surface area contributed by atoms with Crippen LogP contribution in [0.15, 0.2) is 41.4 Å². The highest BCUT2D eigenvalue weighted by Crippen LogP contribution is 2.43. The molecule has 12 nitrogen and oxygen atoms in total. The second kappa shape index (κ2) is 13.4.